The molecular formula is C18H26N4O2. The van der Waals surface area contributed by atoms with Crippen molar-refractivity contribution in [3.8, 4) is 0 Å². The van der Waals surface area contributed by atoms with Gasteiger partial charge in [-0.1, -0.05) is 12.1 Å². The van der Waals surface area contributed by atoms with Crippen LogP contribution in [0.4, 0.5) is 10.7 Å². The van der Waals surface area contributed by atoms with Crippen LogP contribution in [0.5, 0.6) is 0 Å². The molecule has 0 saturated carbocycles. The van der Waals surface area contributed by atoms with Gasteiger partial charge in [0.05, 0.1) is 11.0 Å². The summed E-state index contributed by atoms with van der Waals surface area (Å²) in [5.41, 5.74) is 1.53. The van der Waals surface area contributed by atoms with Crippen LogP contribution in [0, 0.1) is 0 Å². The van der Waals surface area contributed by atoms with Crippen molar-refractivity contribution in [2.75, 3.05) is 18.0 Å². The number of piperidine rings is 1. The third-order valence-electron chi connectivity index (χ3n) is 4.16. The molecule has 0 radical (unpaired) electrons. The van der Waals surface area contributed by atoms with Crippen LogP contribution in [-0.2, 0) is 4.74 Å². The average Bonchev–Trinajstić information content (AvgIpc) is 2.95. The standard InChI is InChI=1S/C18H26N4O2/c1-18(2,3)24-17(23)19-12-13-8-6-7-11-22(13)16-20-14-9-4-5-10-15(14)21-16/h4-5,9-10,13H,6-8,11-12H2,1-3H3,(H,19,23)(H,20,21)/t13-/m0/s1. The lowest BCUT2D eigenvalue weighted by Crippen LogP contribution is -2.48. The van der Waals surface area contributed by atoms with Crippen LogP contribution in [-0.4, -0.2) is 40.8 Å². The number of carbonyl (C=O) groups excluding carboxylic acids is 1. The summed E-state index contributed by atoms with van der Waals surface area (Å²) in [6.45, 7) is 7.11. The first-order valence-corrected chi connectivity index (χ1v) is 8.61. The molecule has 1 aromatic heterocycles. The first kappa shape index (κ1) is 16.6. The van der Waals surface area contributed by atoms with E-state index in [-0.39, 0.29) is 12.1 Å². The van der Waals surface area contributed by atoms with Gasteiger partial charge in [-0.15, -0.1) is 0 Å². The van der Waals surface area contributed by atoms with Crippen LogP contribution < -0.4 is 10.2 Å². The van der Waals surface area contributed by atoms with Gasteiger partial charge >= 0.3 is 6.09 Å². The number of aromatic nitrogens is 2. The number of benzene rings is 1. The molecule has 6 nitrogen and oxygen atoms in total. The number of amides is 1. The zero-order valence-corrected chi connectivity index (χ0v) is 14.6. The number of ether oxygens (including phenoxy) is 1. The van der Waals surface area contributed by atoms with Gasteiger partial charge in [0.25, 0.3) is 0 Å². The number of hydrogen-bond donors (Lipinski definition) is 2. The second kappa shape index (κ2) is 6.71. The smallest absolute Gasteiger partial charge is 0.407 e. The van der Waals surface area contributed by atoms with Crippen molar-refractivity contribution < 1.29 is 9.53 Å². The molecule has 0 aliphatic carbocycles. The van der Waals surface area contributed by atoms with E-state index < -0.39 is 5.60 Å². The van der Waals surface area contributed by atoms with E-state index in [2.05, 4.69) is 15.2 Å². The number of hydrogen-bond acceptors (Lipinski definition) is 4. The molecule has 1 aliphatic rings. The van der Waals surface area contributed by atoms with Crippen LogP contribution in [0.1, 0.15) is 40.0 Å². The van der Waals surface area contributed by atoms with Gasteiger partial charge in [-0.2, -0.15) is 0 Å². The molecule has 1 saturated heterocycles. The van der Waals surface area contributed by atoms with E-state index in [4.69, 9.17) is 9.72 Å². The highest BCUT2D eigenvalue weighted by atomic mass is 16.6. The van der Waals surface area contributed by atoms with Gasteiger partial charge < -0.3 is 19.9 Å². The predicted molar refractivity (Wildman–Crippen MR) is 95.3 cm³/mol. The number of nitrogens with one attached hydrogen (secondary N) is 2. The Balaban J connectivity index is 1.68. The van der Waals surface area contributed by atoms with E-state index in [0.717, 1.165) is 42.8 Å². The van der Waals surface area contributed by atoms with Crippen LogP contribution in [0.15, 0.2) is 24.3 Å². The maximum Gasteiger partial charge on any atom is 0.407 e. The average molecular weight is 330 g/mol. The van der Waals surface area contributed by atoms with Gasteiger partial charge in [0.2, 0.25) is 5.95 Å². The molecule has 1 aromatic carbocycles. The molecule has 2 N–H and O–H groups in total. The van der Waals surface area contributed by atoms with Gasteiger partial charge in [0.15, 0.2) is 0 Å². The van der Waals surface area contributed by atoms with Crippen LogP contribution in [0.3, 0.4) is 0 Å². The number of nitrogens with zero attached hydrogens (tertiary/aromatic N) is 2. The number of rotatable bonds is 3. The lowest BCUT2D eigenvalue weighted by atomic mass is 10.0. The van der Waals surface area contributed by atoms with Crippen molar-refractivity contribution in [1.29, 1.82) is 0 Å². The Bertz CT molecular complexity index is 671. The number of fused-ring (bicyclic) bond motifs is 1. The highest BCUT2D eigenvalue weighted by Gasteiger charge is 2.26. The van der Waals surface area contributed by atoms with E-state index in [1.165, 1.54) is 0 Å². The largest absolute Gasteiger partial charge is 0.444 e. The summed E-state index contributed by atoms with van der Waals surface area (Å²) in [5.74, 6) is 0.881. The first-order chi connectivity index (χ1) is 11.4. The summed E-state index contributed by atoms with van der Waals surface area (Å²) in [6.07, 6.45) is 2.97. The number of alkyl carbamates (subject to hydrolysis) is 1. The van der Waals surface area contributed by atoms with Gasteiger partial charge in [0, 0.05) is 19.1 Å². The number of H-pyrrole nitrogens is 1. The summed E-state index contributed by atoms with van der Waals surface area (Å²) < 4.78 is 5.33. The second-order valence-electron chi connectivity index (χ2n) is 7.30. The van der Waals surface area contributed by atoms with Gasteiger partial charge in [0.1, 0.15) is 5.60 Å². The number of imidazole rings is 1. The molecule has 1 fully saturated rings. The lowest BCUT2D eigenvalue weighted by Gasteiger charge is -2.35. The van der Waals surface area contributed by atoms with Crippen molar-refractivity contribution in [2.24, 2.45) is 0 Å². The Labute approximate surface area is 142 Å². The molecule has 24 heavy (non-hydrogen) atoms. The molecule has 0 unspecified atom stereocenters. The summed E-state index contributed by atoms with van der Waals surface area (Å²) in [7, 11) is 0. The second-order valence-corrected chi connectivity index (χ2v) is 7.30. The molecule has 3 rings (SSSR count). The number of anilines is 1. The maximum atomic E-state index is 11.9. The zero-order valence-electron chi connectivity index (χ0n) is 14.6. The lowest BCUT2D eigenvalue weighted by molar-refractivity contribution is 0.0522. The highest BCUT2D eigenvalue weighted by molar-refractivity contribution is 5.77. The highest BCUT2D eigenvalue weighted by Crippen LogP contribution is 2.24. The van der Waals surface area contributed by atoms with E-state index in [1.807, 2.05) is 45.0 Å². The molecular weight excluding hydrogens is 304 g/mol. The normalized spacial score (nSPS) is 18.6. The fourth-order valence-corrected chi connectivity index (χ4v) is 3.08. The molecule has 1 amide bonds. The molecule has 2 aromatic rings. The van der Waals surface area contributed by atoms with E-state index in [9.17, 15) is 4.79 Å². The molecule has 2 heterocycles. The molecule has 1 aliphatic heterocycles. The van der Waals surface area contributed by atoms with Crippen molar-refractivity contribution >= 4 is 23.1 Å². The Kier molecular flexibility index (Phi) is 4.64. The Morgan fingerprint density at radius 2 is 2.17 bits per heavy atom. The van der Waals surface area contributed by atoms with E-state index in [1.54, 1.807) is 0 Å². The summed E-state index contributed by atoms with van der Waals surface area (Å²) in [4.78, 5) is 22.3. The van der Waals surface area contributed by atoms with Crippen molar-refractivity contribution in [2.45, 2.75) is 51.7 Å². The van der Waals surface area contributed by atoms with Crippen molar-refractivity contribution in [3.63, 3.8) is 0 Å². The minimum absolute atomic E-state index is 0.229. The molecule has 1 atom stereocenters. The third kappa shape index (κ3) is 3.99. The van der Waals surface area contributed by atoms with Crippen LogP contribution in [0.2, 0.25) is 0 Å². The summed E-state index contributed by atoms with van der Waals surface area (Å²) in [6, 6.07) is 8.26. The molecule has 0 spiro atoms. The molecule has 0 bridgehead atoms. The van der Waals surface area contributed by atoms with Gasteiger partial charge in [-0.25, -0.2) is 9.78 Å². The van der Waals surface area contributed by atoms with Crippen molar-refractivity contribution in [3.05, 3.63) is 24.3 Å². The Morgan fingerprint density at radius 1 is 1.38 bits per heavy atom. The topological polar surface area (TPSA) is 70.2 Å². The fraction of sp³-hybridized carbons (Fsp3) is 0.556. The first-order valence-electron chi connectivity index (χ1n) is 8.61. The minimum Gasteiger partial charge on any atom is -0.444 e. The van der Waals surface area contributed by atoms with Crippen LogP contribution >= 0.6 is 0 Å². The molecule has 6 heteroatoms. The van der Waals surface area contributed by atoms with Gasteiger partial charge in [-0.05, 0) is 52.2 Å². The van der Waals surface area contributed by atoms with E-state index >= 15 is 0 Å². The zero-order chi connectivity index (χ0) is 17.2. The number of carbonyl (C=O) groups is 1. The van der Waals surface area contributed by atoms with Crippen LogP contribution in [0.25, 0.3) is 11.0 Å². The van der Waals surface area contributed by atoms with Gasteiger partial charge in [-0.3, -0.25) is 0 Å². The number of aromatic amines is 1. The quantitative estimate of drug-likeness (QED) is 0.904. The minimum atomic E-state index is -0.477. The Hall–Kier alpha value is -2.24. The summed E-state index contributed by atoms with van der Waals surface area (Å²) in [5, 5.41) is 2.90. The summed E-state index contributed by atoms with van der Waals surface area (Å²) >= 11 is 0. The fourth-order valence-electron chi connectivity index (χ4n) is 3.08. The maximum absolute atomic E-state index is 11.9. The van der Waals surface area contributed by atoms with E-state index in [0.29, 0.717) is 6.54 Å². The third-order valence-corrected chi connectivity index (χ3v) is 4.16. The predicted octanol–water partition coefficient (Wildman–Crippen LogP) is 3.45. The van der Waals surface area contributed by atoms with Crippen molar-refractivity contribution in [1.82, 2.24) is 15.3 Å². The molecule has 130 valence electrons. The SMILES string of the molecule is CC(C)(C)OC(=O)NC[C@@H]1CCCCN1c1nc2ccccc2[nH]1. The monoisotopic (exact) mass is 330 g/mol. The Morgan fingerprint density at radius 3 is 2.92 bits per heavy atom. The number of para-hydroxylation sites is 2.